The molecule has 0 radical (unpaired) electrons. The van der Waals surface area contributed by atoms with Crippen LogP contribution in [-0.2, 0) is 22.7 Å². The average molecular weight is 348 g/mol. The van der Waals surface area contributed by atoms with Crippen LogP contribution in [0, 0.1) is 0 Å². The van der Waals surface area contributed by atoms with Crippen LogP contribution in [0.2, 0.25) is 0 Å². The second-order valence-electron chi connectivity index (χ2n) is 5.77. The lowest BCUT2D eigenvalue weighted by atomic mass is 10.1. The molecule has 2 aromatic rings. The fourth-order valence-electron chi connectivity index (χ4n) is 2.67. The van der Waals surface area contributed by atoms with Crippen molar-refractivity contribution in [2.45, 2.75) is 36.2 Å². The van der Waals surface area contributed by atoms with Gasteiger partial charge in [-0.15, -0.1) is 11.8 Å². The van der Waals surface area contributed by atoms with Crippen LogP contribution in [0.3, 0.4) is 0 Å². The maximum absolute atomic E-state index is 14.2. The van der Waals surface area contributed by atoms with Gasteiger partial charge in [-0.25, -0.2) is 4.39 Å². The van der Waals surface area contributed by atoms with Crippen LogP contribution in [0.15, 0.2) is 60.7 Å². The molecule has 1 aliphatic heterocycles. The van der Waals surface area contributed by atoms with E-state index in [9.17, 15) is 9.50 Å². The Balaban J connectivity index is 1.52. The lowest BCUT2D eigenvalue weighted by molar-refractivity contribution is -0.0386. The summed E-state index contributed by atoms with van der Waals surface area (Å²) in [4.78, 5) is 0. The number of halogens is 1. The Hall–Kier alpha value is -1.40. The van der Waals surface area contributed by atoms with E-state index in [1.54, 1.807) is 0 Å². The SMILES string of the molecule is OC1S[C@H](COCc2ccccc2)[C@@H](OCc2ccccc2)[C@@H]1F. The van der Waals surface area contributed by atoms with Gasteiger partial charge in [0, 0.05) is 0 Å². The highest BCUT2D eigenvalue weighted by Gasteiger charge is 2.44. The maximum atomic E-state index is 14.2. The van der Waals surface area contributed by atoms with Crippen molar-refractivity contribution in [2.75, 3.05) is 6.61 Å². The summed E-state index contributed by atoms with van der Waals surface area (Å²) in [7, 11) is 0. The molecule has 5 heteroatoms. The Morgan fingerprint density at radius 2 is 1.50 bits per heavy atom. The predicted octanol–water partition coefficient (Wildman–Crippen LogP) is 3.56. The molecule has 1 heterocycles. The molecule has 4 atom stereocenters. The first kappa shape index (κ1) is 17.4. The highest BCUT2D eigenvalue weighted by atomic mass is 32.2. The van der Waals surface area contributed by atoms with Gasteiger partial charge in [-0.1, -0.05) is 60.7 Å². The molecule has 0 amide bonds. The molecule has 1 fully saturated rings. The van der Waals surface area contributed by atoms with Crippen molar-refractivity contribution < 1.29 is 19.0 Å². The number of aliphatic hydroxyl groups excluding tert-OH is 1. The van der Waals surface area contributed by atoms with Crippen molar-refractivity contribution in [3.63, 3.8) is 0 Å². The molecular weight excluding hydrogens is 327 g/mol. The zero-order chi connectivity index (χ0) is 16.8. The summed E-state index contributed by atoms with van der Waals surface area (Å²) in [5.41, 5.74) is 0.996. The minimum absolute atomic E-state index is 0.220. The lowest BCUT2D eigenvalue weighted by Gasteiger charge is -2.20. The fourth-order valence-corrected chi connectivity index (χ4v) is 3.89. The van der Waals surface area contributed by atoms with Gasteiger partial charge in [0.05, 0.1) is 25.1 Å². The highest BCUT2D eigenvalue weighted by molar-refractivity contribution is 8.00. The largest absolute Gasteiger partial charge is 0.379 e. The summed E-state index contributed by atoms with van der Waals surface area (Å²) in [6, 6.07) is 19.5. The number of rotatable bonds is 7. The Kier molecular flexibility index (Phi) is 6.26. The second-order valence-corrected chi connectivity index (χ2v) is 7.13. The number of ether oxygens (including phenoxy) is 2. The molecule has 0 saturated carbocycles. The van der Waals surface area contributed by atoms with Crippen molar-refractivity contribution in [1.82, 2.24) is 0 Å². The van der Waals surface area contributed by atoms with Gasteiger partial charge in [0.2, 0.25) is 0 Å². The van der Waals surface area contributed by atoms with Crippen molar-refractivity contribution in [1.29, 1.82) is 0 Å². The molecule has 1 unspecified atom stereocenters. The monoisotopic (exact) mass is 348 g/mol. The number of hydrogen-bond acceptors (Lipinski definition) is 4. The molecule has 2 aromatic carbocycles. The van der Waals surface area contributed by atoms with Gasteiger partial charge < -0.3 is 14.6 Å². The molecule has 3 rings (SSSR count). The van der Waals surface area contributed by atoms with Crippen molar-refractivity contribution in [2.24, 2.45) is 0 Å². The average Bonchev–Trinajstić information content (AvgIpc) is 2.89. The van der Waals surface area contributed by atoms with Gasteiger partial charge in [0.15, 0.2) is 6.17 Å². The van der Waals surface area contributed by atoms with Crippen LogP contribution in [0.1, 0.15) is 11.1 Å². The number of aliphatic hydroxyl groups is 1. The molecule has 3 nitrogen and oxygen atoms in total. The molecule has 1 saturated heterocycles. The molecule has 0 aromatic heterocycles. The Morgan fingerprint density at radius 3 is 2.12 bits per heavy atom. The third-order valence-corrected chi connectivity index (χ3v) is 5.24. The third-order valence-electron chi connectivity index (χ3n) is 3.95. The second kappa shape index (κ2) is 8.62. The van der Waals surface area contributed by atoms with E-state index in [-0.39, 0.29) is 5.25 Å². The molecule has 1 aliphatic rings. The number of benzene rings is 2. The summed E-state index contributed by atoms with van der Waals surface area (Å²) in [6.45, 7) is 1.14. The van der Waals surface area contributed by atoms with Crippen LogP contribution in [-0.4, -0.2) is 34.7 Å². The first-order valence-electron chi connectivity index (χ1n) is 7.99. The van der Waals surface area contributed by atoms with Gasteiger partial charge in [-0.05, 0) is 11.1 Å². The van der Waals surface area contributed by atoms with Gasteiger partial charge in [-0.2, -0.15) is 0 Å². The highest BCUT2D eigenvalue weighted by Crippen LogP contribution is 2.37. The van der Waals surface area contributed by atoms with Crippen LogP contribution >= 0.6 is 11.8 Å². The van der Waals surface area contributed by atoms with Crippen LogP contribution in [0.25, 0.3) is 0 Å². The van der Waals surface area contributed by atoms with Gasteiger partial charge in [0.25, 0.3) is 0 Å². The molecule has 24 heavy (non-hydrogen) atoms. The smallest absolute Gasteiger partial charge is 0.162 e. The first-order chi connectivity index (χ1) is 11.7. The van der Waals surface area contributed by atoms with Crippen LogP contribution < -0.4 is 0 Å². The Morgan fingerprint density at radius 1 is 0.917 bits per heavy atom. The summed E-state index contributed by atoms with van der Waals surface area (Å²) in [5, 5.41) is 9.58. The quantitative estimate of drug-likeness (QED) is 0.830. The molecule has 128 valence electrons. The topological polar surface area (TPSA) is 38.7 Å². The van der Waals surface area contributed by atoms with E-state index in [1.807, 2.05) is 60.7 Å². The normalized spacial score (nSPS) is 26.6. The first-order valence-corrected chi connectivity index (χ1v) is 8.93. The summed E-state index contributed by atoms with van der Waals surface area (Å²) < 4.78 is 25.7. The summed E-state index contributed by atoms with van der Waals surface area (Å²) in [5.74, 6) is 0. The predicted molar refractivity (Wildman–Crippen MR) is 93.4 cm³/mol. The van der Waals surface area contributed by atoms with Crippen molar-refractivity contribution in [3.05, 3.63) is 71.8 Å². The van der Waals surface area contributed by atoms with Gasteiger partial charge >= 0.3 is 0 Å². The number of hydrogen-bond donors (Lipinski definition) is 1. The summed E-state index contributed by atoms with van der Waals surface area (Å²) in [6.07, 6.45) is -2.06. The van der Waals surface area contributed by atoms with Crippen LogP contribution in [0.5, 0.6) is 0 Å². The maximum Gasteiger partial charge on any atom is 0.162 e. The van der Waals surface area contributed by atoms with Crippen molar-refractivity contribution >= 4 is 11.8 Å². The molecule has 0 spiro atoms. The van der Waals surface area contributed by atoms with Gasteiger partial charge in [0.1, 0.15) is 11.5 Å². The molecule has 0 bridgehead atoms. The molecular formula is C19H21FO3S. The van der Waals surface area contributed by atoms with E-state index in [0.717, 1.165) is 11.1 Å². The molecule has 1 N–H and O–H groups in total. The fraction of sp³-hybridized carbons (Fsp3) is 0.368. The minimum Gasteiger partial charge on any atom is -0.379 e. The number of thioether (sulfide) groups is 1. The van der Waals surface area contributed by atoms with Crippen LogP contribution in [0.4, 0.5) is 4.39 Å². The summed E-state index contributed by atoms with van der Waals surface area (Å²) >= 11 is 1.18. The van der Waals surface area contributed by atoms with Gasteiger partial charge in [-0.3, -0.25) is 0 Å². The van der Waals surface area contributed by atoms with E-state index in [0.29, 0.717) is 19.8 Å². The number of alkyl halides is 1. The zero-order valence-corrected chi connectivity index (χ0v) is 14.1. The van der Waals surface area contributed by atoms with Crippen molar-refractivity contribution in [3.8, 4) is 0 Å². The lowest BCUT2D eigenvalue weighted by Crippen LogP contribution is -2.34. The van der Waals surface area contributed by atoms with E-state index in [1.165, 1.54) is 11.8 Å². The Bertz CT molecular complexity index is 611. The van der Waals surface area contributed by atoms with E-state index >= 15 is 0 Å². The van der Waals surface area contributed by atoms with E-state index < -0.39 is 17.7 Å². The zero-order valence-electron chi connectivity index (χ0n) is 13.3. The molecule has 0 aliphatic carbocycles. The van der Waals surface area contributed by atoms with E-state index in [2.05, 4.69) is 0 Å². The Labute approximate surface area is 145 Å². The minimum atomic E-state index is -1.40. The third kappa shape index (κ3) is 4.57. The standard InChI is InChI=1S/C19H21FO3S/c20-17-18(23-12-15-9-5-2-6-10-15)16(24-19(17)21)13-22-11-14-7-3-1-4-8-14/h1-10,16-19,21H,11-13H2/t16-,17+,18-,19?/m1/s1. The van der Waals surface area contributed by atoms with E-state index in [4.69, 9.17) is 9.47 Å².